The van der Waals surface area contributed by atoms with Crippen LogP contribution >= 0.6 is 22.9 Å². The van der Waals surface area contributed by atoms with E-state index >= 15 is 0 Å². The van der Waals surface area contributed by atoms with Crippen molar-refractivity contribution in [1.29, 1.82) is 0 Å². The fraction of sp³-hybridized carbons (Fsp3) is 0.238. The van der Waals surface area contributed by atoms with Gasteiger partial charge in [-0.05, 0) is 49.2 Å². The van der Waals surface area contributed by atoms with E-state index < -0.39 is 6.04 Å². The summed E-state index contributed by atoms with van der Waals surface area (Å²) in [4.78, 5) is 27.4. The van der Waals surface area contributed by atoms with Gasteiger partial charge in [-0.25, -0.2) is 0 Å². The van der Waals surface area contributed by atoms with Gasteiger partial charge < -0.3 is 9.64 Å². The molecule has 2 aromatic carbocycles. The first kappa shape index (κ1) is 20.3. The Morgan fingerprint density at radius 3 is 2.57 bits per heavy atom. The Balaban J connectivity index is 1.44. The first-order valence-corrected chi connectivity index (χ1v) is 10.6. The molecule has 9 heteroatoms. The van der Waals surface area contributed by atoms with Crippen LogP contribution in [0.4, 0.5) is 5.13 Å². The van der Waals surface area contributed by atoms with Crippen molar-refractivity contribution in [3.8, 4) is 16.3 Å². The fourth-order valence-electron chi connectivity index (χ4n) is 3.35. The van der Waals surface area contributed by atoms with E-state index in [0.29, 0.717) is 39.4 Å². The molecule has 0 spiro atoms. The number of ether oxygens (including phenoxy) is 1. The highest BCUT2D eigenvalue weighted by Gasteiger charge is 2.35. The monoisotopic (exact) mass is 442 g/mol. The number of hydrogen-bond donors (Lipinski definition) is 1. The number of aromatic nitrogens is 2. The highest BCUT2D eigenvalue weighted by molar-refractivity contribution is 7.18. The van der Waals surface area contributed by atoms with Crippen LogP contribution in [0.2, 0.25) is 5.02 Å². The molecule has 1 atom stereocenters. The number of methoxy groups -OCH3 is 1. The molecule has 4 rings (SSSR count). The molecule has 1 saturated heterocycles. The molecule has 2 heterocycles. The molecule has 0 saturated carbocycles. The summed E-state index contributed by atoms with van der Waals surface area (Å²) in [5, 5.41) is 12.7. The summed E-state index contributed by atoms with van der Waals surface area (Å²) >= 11 is 7.19. The molecule has 1 aliphatic heterocycles. The van der Waals surface area contributed by atoms with Crippen LogP contribution in [-0.4, -0.2) is 46.6 Å². The molecule has 154 valence electrons. The van der Waals surface area contributed by atoms with Crippen molar-refractivity contribution in [2.75, 3.05) is 19.0 Å². The van der Waals surface area contributed by atoms with Gasteiger partial charge >= 0.3 is 0 Å². The van der Waals surface area contributed by atoms with Gasteiger partial charge in [-0.3, -0.25) is 14.9 Å². The quantitative estimate of drug-likeness (QED) is 0.642. The van der Waals surface area contributed by atoms with Crippen molar-refractivity contribution < 1.29 is 14.3 Å². The number of rotatable bonds is 5. The number of hydrogen-bond acceptors (Lipinski definition) is 6. The van der Waals surface area contributed by atoms with Crippen molar-refractivity contribution in [2.24, 2.45) is 0 Å². The lowest BCUT2D eigenvalue weighted by atomic mass is 10.1. The van der Waals surface area contributed by atoms with E-state index in [1.54, 1.807) is 48.4 Å². The van der Waals surface area contributed by atoms with Gasteiger partial charge in [0.25, 0.3) is 5.91 Å². The van der Waals surface area contributed by atoms with E-state index in [0.717, 1.165) is 12.0 Å². The van der Waals surface area contributed by atoms with Crippen molar-refractivity contribution in [2.45, 2.75) is 18.9 Å². The molecule has 3 aromatic rings. The Kier molecular flexibility index (Phi) is 5.96. The molecular weight excluding hydrogens is 424 g/mol. The van der Waals surface area contributed by atoms with Crippen molar-refractivity contribution in [3.63, 3.8) is 0 Å². The van der Waals surface area contributed by atoms with Crippen molar-refractivity contribution in [3.05, 3.63) is 59.1 Å². The number of carbonyl (C=O) groups is 2. The maximum absolute atomic E-state index is 12.9. The second-order valence-corrected chi connectivity index (χ2v) is 8.21. The summed E-state index contributed by atoms with van der Waals surface area (Å²) in [6.07, 6.45) is 1.38. The first-order valence-electron chi connectivity index (χ1n) is 9.40. The van der Waals surface area contributed by atoms with Crippen LogP contribution in [0.1, 0.15) is 23.2 Å². The van der Waals surface area contributed by atoms with Gasteiger partial charge in [-0.2, -0.15) is 0 Å². The third-order valence-electron chi connectivity index (χ3n) is 4.90. The zero-order chi connectivity index (χ0) is 21.1. The minimum absolute atomic E-state index is 0.172. The Labute approximate surface area is 182 Å². The second-order valence-electron chi connectivity index (χ2n) is 6.79. The Bertz CT molecular complexity index is 1050. The zero-order valence-electron chi connectivity index (χ0n) is 16.2. The first-order chi connectivity index (χ1) is 14.5. The van der Waals surface area contributed by atoms with Crippen LogP contribution in [-0.2, 0) is 4.79 Å². The van der Waals surface area contributed by atoms with E-state index in [4.69, 9.17) is 16.3 Å². The van der Waals surface area contributed by atoms with Gasteiger partial charge in [-0.15, -0.1) is 10.2 Å². The molecule has 1 unspecified atom stereocenters. The average molecular weight is 443 g/mol. The molecule has 2 amide bonds. The van der Waals surface area contributed by atoms with Crippen LogP contribution in [0.5, 0.6) is 5.75 Å². The Morgan fingerprint density at radius 2 is 1.87 bits per heavy atom. The SMILES string of the molecule is COc1ccc(C(=O)N2CCCC2C(=O)Nc2nnc(-c3ccc(Cl)cc3)s2)cc1. The summed E-state index contributed by atoms with van der Waals surface area (Å²) < 4.78 is 5.13. The predicted molar refractivity (Wildman–Crippen MR) is 116 cm³/mol. The van der Waals surface area contributed by atoms with Gasteiger partial charge in [0.2, 0.25) is 11.0 Å². The maximum Gasteiger partial charge on any atom is 0.254 e. The van der Waals surface area contributed by atoms with Gasteiger partial charge in [0.1, 0.15) is 16.8 Å². The van der Waals surface area contributed by atoms with E-state index in [1.165, 1.54) is 11.3 Å². The molecule has 1 fully saturated rings. The standard InChI is InChI=1S/C21H19ClN4O3S/c1-29-16-10-6-14(7-11-16)20(28)26-12-2-3-17(26)18(27)23-21-25-24-19(30-21)13-4-8-15(22)9-5-13/h4-11,17H,2-3,12H2,1H3,(H,23,25,27). The van der Waals surface area contributed by atoms with E-state index in [9.17, 15) is 9.59 Å². The summed E-state index contributed by atoms with van der Waals surface area (Å²) in [5.74, 6) is 0.248. The summed E-state index contributed by atoms with van der Waals surface area (Å²) in [5.41, 5.74) is 1.39. The minimum Gasteiger partial charge on any atom is -0.497 e. The number of likely N-dealkylation sites (tertiary alicyclic amines) is 1. The Morgan fingerprint density at radius 1 is 1.13 bits per heavy atom. The normalized spacial score (nSPS) is 15.8. The van der Waals surface area contributed by atoms with E-state index in [2.05, 4.69) is 15.5 Å². The zero-order valence-corrected chi connectivity index (χ0v) is 17.7. The largest absolute Gasteiger partial charge is 0.497 e. The number of nitrogens with one attached hydrogen (secondary N) is 1. The van der Waals surface area contributed by atoms with Gasteiger partial charge in [-0.1, -0.05) is 35.1 Å². The van der Waals surface area contributed by atoms with Gasteiger partial charge in [0, 0.05) is 22.7 Å². The highest BCUT2D eigenvalue weighted by atomic mass is 35.5. The third kappa shape index (κ3) is 4.29. The molecule has 1 aliphatic rings. The molecule has 1 N–H and O–H groups in total. The van der Waals surface area contributed by atoms with Crippen molar-refractivity contribution >= 4 is 39.9 Å². The average Bonchev–Trinajstić information content (AvgIpc) is 3.44. The van der Waals surface area contributed by atoms with Gasteiger partial charge in [0.05, 0.1) is 7.11 Å². The summed E-state index contributed by atoms with van der Waals surface area (Å²) in [6, 6.07) is 13.6. The van der Waals surface area contributed by atoms with Gasteiger partial charge in [0.15, 0.2) is 0 Å². The lowest BCUT2D eigenvalue weighted by Crippen LogP contribution is -2.43. The number of halogens is 1. The number of carbonyl (C=O) groups excluding carboxylic acids is 2. The van der Waals surface area contributed by atoms with Crippen molar-refractivity contribution in [1.82, 2.24) is 15.1 Å². The number of nitrogens with zero attached hydrogens (tertiary/aromatic N) is 3. The lowest BCUT2D eigenvalue weighted by molar-refractivity contribution is -0.119. The highest BCUT2D eigenvalue weighted by Crippen LogP contribution is 2.28. The predicted octanol–water partition coefficient (Wildman–Crippen LogP) is 4.11. The topological polar surface area (TPSA) is 84.4 Å². The molecule has 30 heavy (non-hydrogen) atoms. The van der Waals surface area contributed by atoms with E-state index in [1.807, 2.05) is 12.1 Å². The van der Waals surface area contributed by atoms with E-state index in [-0.39, 0.29) is 11.8 Å². The molecular formula is C21H19ClN4O3S. The molecule has 1 aromatic heterocycles. The molecule has 0 radical (unpaired) electrons. The van der Waals surface area contributed by atoms with Crippen LogP contribution in [0, 0.1) is 0 Å². The molecule has 0 aliphatic carbocycles. The summed E-state index contributed by atoms with van der Waals surface area (Å²) in [6.45, 7) is 0.537. The van der Waals surface area contributed by atoms with Crippen LogP contribution < -0.4 is 10.1 Å². The maximum atomic E-state index is 12.9. The number of anilines is 1. The van der Waals surface area contributed by atoms with Crippen LogP contribution in [0.25, 0.3) is 10.6 Å². The molecule has 0 bridgehead atoms. The minimum atomic E-state index is -0.539. The number of benzene rings is 2. The van der Waals surface area contributed by atoms with Crippen LogP contribution in [0.15, 0.2) is 48.5 Å². The number of amides is 2. The lowest BCUT2D eigenvalue weighted by Gasteiger charge is -2.23. The Hall–Kier alpha value is -2.97. The smallest absolute Gasteiger partial charge is 0.254 e. The third-order valence-corrected chi connectivity index (χ3v) is 6.04. The second kappa shape index (κ2) is 8.81. The van der Waals surface area contributed by atoms with Crippen LogP contribution in [0.3, 0.4) is 0 Å². The fourth-order valence-corrected chi connectivity index (χ4v) is 4.23. The summed E-state index contributed by atoms with van der Waals surface area (Å²) in [7, 11) is 1.57. The molecule has 7 nitrogen and oxygen atoms in total.